The van der Waals surface area contributed by atoms with Crippen molar-refractivity contribution in [2.24, 2.45) is 5.92 Å². The van der Waals surface area contributed by atoms with Gasteiger partial charge in [-0.25, -0.2) is 0 Å². The molecule has 0 radical (unpaired) electrons. The molecule has 0 aliphatic carbocycles. The van der Waals surface area contributed by atoms with E-state index in [1.807, 2.05) is 13.8 Å². The zero-order valence-corrected chi connectivity index (χ0v) is 12.3. The largest absolute Gasteiger partial charge is 0.359 e. The van der Waals surface area contributed by atoms with Gasteiger partial charge in [-0.05, 0) is 19.1 Å². The third-order valence-electron chi connectivity index (χ3n) is 2.42. The summed E-state index contributed by atoms with van der Waals surface area (Å²) < 4.78 is 38.7. The van der Waals surface area contributed by atoms with Gasteiger partial charge in [-0.3, -0.25) is 4.18 Å². The fourth-order valence-electron chi connectivity index (χ4n) is 1.36. The monoisotopic (exact) mass is 288 g/mol. The molecular weight excluding hydrogens is 268 g/mol. The number of hydrogen-bond donors (Lipinski definition) is 0. The summed E-state index contributed by atoms with van der Waals surface area (Å²) in [4.78, 5) is 0.170. The van der Waals surface area contributed by atoms with Gasteiger partial charge in [0.15, 0.2) is 0 Å². The smallest absolute Gasteiger partial charge is 0.296 e. The van der Waals surface area contributed by atoms with Crippen molar-refractivity contribution in [1.29, 1.82) is 0 Å². The predicted octanol–water partition coefficient (Wildman–Crippen LogP) is 1.96. The molecule has 108 valence electrons. The van der Waals surface area contributed by atoms with Gasteiger partial charge in [0, 0.05) is 13.0 Å². The highest BCUT2D eigenvalue weighted by atomic mass is 32.2. The quantitative estimate of drug-likeness (QED) is 0.416. The highest BCUT2D eigenvalue weighted by Crippen LogP contribution is 2.14. The van der Waals surface area contributed by atoms with E-state index in [9.17, 15) is 8.42 Å². The SMILES string of the molecule is COCOC[C@H](C)COS(=O)(=O)c1ccc(C)cc1. The maximum absolute atomic E-state index is 11.9. The Labute approximate surface area is 114 Å². The summed E-state index contributed by atoms with van der Waals surface area (Å²) in [6.45, 7) is 4.40. The average molecular weight is 288 g/mol. The van der Waals surface area contributed by atoms with E-state index in [0.717, 1.165) is 5.56 Å². The van der Waals surface area contributed by atoms with Crippen molar-refractivity contribution in [2.45, 2.75) is 18.7 Å². The lowest BCUT2D eigenvalue weighted by Crippen LogP contribution is -2.17. The van der Waals surface area contributed by atoms with E-state index in [0.29, 0.717) is 6.61 Å². The third kappa shape index (κ3) is 5.69. The third-order valence-corrected chi connectivity index (χ3v) is 3.72. The number of ether oxygens (including phenoxy) is 2. The molecule has 5 nitrogen and oxygen atoms in total. The normalized spacial score (nSPS) is 13.4. The Bertz CT molecular complexity index is 466. The van der Waals surface area contributed by atoms with Crippen LogP contribution >= 0.6 is 0 Å². The van der Waals surface area contributed by atoms with Crippen molar-refractivity contribution < 1.29 is 22.1 Å². The van der Waals surface area contributed by atoms with Crippen LogP contribution in [-0.4, -0.2) is 35.5 Å². The summed E-state index contributed by atoms with van der Waals surface area (Å²) in [6, 6.07) is 6.55. The van der Waals surface area contributed by atoms with E-state index in [4.69, 9.17) is 13.7 Å². The van der Waals surface area contributed by atoms with E-state index in [1.165, 1.54) is 19.2 Å². The highest BCUT2D eigenvalue weighted by Gasteiger charge is 2.16. The van der Waals surface area contributed by atoms with Crippen molar-refractivity contribution in [3.05, 3.63) is 29.8 Å². The Hall–Kier alpha value is -0.950. The Morgan fingerprint density at radius 1 is 1.16 bits per heavy atom. The standard InChI is InChI=1S/C13H20O5S/c1-11-4-6-13(7-5-11)19(14,15)18-9-12(2)8-17-10-16-3/h4-7,12H,8-10H2,1-3H3/t12-/m0/s1. The summed E-state index contributed by atoms with van der Waals surface area (Å²) in [5.74, 6) is -0.0321. The second-order valence-electron chi connectivity index (χ2n) is 4.43. The van der Waals surface area contributed by atoms with Crippen molar-refractivity contribution in [3.63, 3.8) is 0 Å². The Morgan fingerprint density at radius 3 is 2.37 bits per heavy atom. The molecule has 0 saturated carbocycles. The molecular formula is C13H20O5S. The topological polar surface area (TPSA) is 61.8 Å². The molecule has 1 aromatic rings. The predicted molar refractivity (Wildman–Crippen MR) is 71.3 cm³/mol. The van der Waals surface area contributed by atoms with E-state index in [-0.39, 0.29) is 24.2 Å². The lowest BCUT2D eigenvalue weighted by atomic mass is 10.2. The number of aryl methyl sites for hydroxylation is 1. The van der Waals surface area contributed by atoms with Gasteiger partial charge < -0.3 is 9.47 Å². The minimum Gasteiger partial charge on any atom is -0.359 e. The molecule has 1 atom stereocenters. The van der Waals surface area contributed by atoms with Crippen LogP contribution in [0.5, 0.6) is 0 Å². The van der Waals surface area contributed by atoms with Gasteiger partial charge in [-0.1, -0.05) is 24.6 Å². The zero-order chi connectivity index (χ0) is 14.3. The Balaban J connectivity index is 2.49. The Kier molecular flexibility index (Phi) is 6.44. The van der Waals surface area contributed by atoms with E-state index in [1.54, 1.807) is 12.1 Å². The van der Waals surface area contributed by atoms with Crippen molar-refractivity contribution in [3.8, 4) is 0 Å². The molecule has 0 spiro atoms. The molecule has 6 heteroatoms. The van der Waals surface area contributed by atoms with Crippen molar-refractivity contribution in [2.75, 3.05) is 27.1 Å². The van der Waals surface area contributed by atoms with Crippen molar-refractivity contribution in [1.82, 2.24) is 0 Å². The van der Waals surface area contributed by atoms with Crippen LogP contribution in [0.1, 0.15) is 12.5 Å². The van der Waals surface area contributed by atoms with E-state index < -0.39 is 10.1 Å². The summed E-state index contributed by atoms with van der Waals surface area (Å²) in [7, 11) is -2.16. The first-order valence-corrected chi connectivity index (χ1v) is 7.39. The van der Waals surface area contributed by atoms with E-state index >= 15 is 0 Å². The first kappa shape index (κ1) is 16.1. The van der Waals surface area contributed by atoms with Gasteiger partial charge in [-0.15, -0.1) is 0 Å². The van der Waals surface area contributed by atoms with Gasteiger partial charge in [-0.2, -0.15) is 8.42 Å². The first-order valence-electron chi connectivity index (χ1n) is 5.98. The molecule has 0 heterocycles. The summed E-state index contributed by atoms with van der Waals surface area (Å²) in [5, 5.41) is 0. The zero-order valence-electron chi connectivity index (χ0n) is 11.5. The van der Waals surface area contributed by atoms with Crippen LogP contribution in [0, 0.1) is 12.8 Å². The summed E-state index contributed by atoms with van der Waals surface area (Å²) in [6.07, 6.45) is 0. The van der Waals surface area contributed by atoms with Crippen LogP contribution in [0.25, 0.3) is 0 Å². The second kappa shape index (κ2) is 7.59. The molecule has 1 aromatic carbocycles. The molecule has 0 amide bonds. The van der Waals surface area contributed by atoms with Gasteiger partial charge in [0.25, 0.3) is 10.1 Å². The maximum Gasteiger partial charge on any atom is 0.296 e. The van der Waals surface area contributed by atoms with Gasteiger partial charge in [0.2, 0.25) is 0 Å². The molecule has 0 unspecified atom stereocenters. The second-order valence-corrected chi connectivity index (χ2v) is 6.05. The van der Waals surface area contributed by atoms with Crippen LogP contribution < -0.4 is 0 Å². The number of methoxy groups -OCH3 is 1. The Morgan fingerprint density at radius 2 is 1.79 bits per heavy atom. The molecule has 0 aromatic heterocycles. The lowest BCUT2D eigenvalue weighted by molar-refractivity contribution is -0.0452. The van der Waals surface area contributed by atoms with Crippen LogP contribution in [-0.2, 0) is 23.8 Å². The molecule has 0 aliphatic rings. The van der Waals surface area contributed by atoms with Gasteiger partial charge >= 0.3 is 0 Å². The molecule has 0 bridgehead atoms. The fourth-order valence-corrected chi connectivity index (χ4v) is 2.38. The van der Waals surface area contributed by atoms with Gasteiger partial charge in [0.05, 0.1) is 18.1 Å². The number of benzene rings is 1. The van der Waals surface area contributed by atoms with Crippen LogP contribution in [0.4, 0.5) is 0 Å². The molecule has 0 saturated heterocycles. The van der Waals surface area contributed by atoms with Crippen molar-refractivity contribution >= 4 is 10.1 Å². The molecule has 0 N–H and O–H groups in total. The van der Waals surface area contributed by atoms with Crippen LogP contribution in [0.3, 0.4) is 0 Å². The molecule has 0 aliphatic heterocycles. The molecule has 19 heavy (non-hydrogen) atoms. The molecule has 1 rings (SSSR count). The van der Waals surface area contributed by atoms with Crippen LogP contribution in [0.15, 0.2) is 29.2 Å². The average Bonchev–Trinajstić information content (AvgIpc) is 2.37. The highest BCUT2D eigenvalue weighted by molar-refractivity contribution is 7.86. The maximum atomic E-state index is 11.9. The van der Waals surface area contributed by atoms with E-state index in [2.05, 4.69) is 0 Å². The lowest BCUT2D eigenvalue weighted by Gasteiger charge is -2.12. The number of rotatable bonds is 8. The minimum absolute atomic E-state index is 0.0321. The summed E-state index contributed by atoms with van der Waals surface area (Å²) >= 11 is 0. The van der Waals surface area contributed by atoms with Gasteiger partial charge in [0.1, 0.15) is 6.79 Å². The first-order chi connectivity index (χ1) is 8.95. The fraction of sp³-hybridized carbons (Fsp3) is 0.538. The van der Waals surface area contributed by atoms with Crippen LogP contribution in [0.2, 0.25) is 0 Å². The minimum atomic E-state index is -3.69. The molecule has 0 fully saturated rings. The summed E-state index contributed by atoms with van der Waals surface area (Å²) in [5.41, 5.74) is 1.00. The number of hydrogen-bond acceptors (Lipinski definition) is 5.